The third kappa shape index (κ3) is 3.79. The number of aromatic nitrogens is 3. The number of benzene rings is 1. The van der Waals surface area contributed by atoms with Crippen LogP contribution in [0.3, 0.4) is 0 Å². The van der Waals surface area contributed by atoms with Crippen LogP contribution in [0.1, 0.15) is 18.9 Å². The van der Waals surface area contributed by atoms with E-state index in [4.69, 9.17) is 16.3 Å². The summed E-state index contributed by atoms with van der Waals surface area (Å²) in [5, 5.41) is 7.58. The predicted molar refractivity (Wildman–Crippen MR) is 81.8 cm³/mol. The van der Waals surface area contributed by atoms with E-state index in [-0.39, 0.29) is 17.5 Å². The van der Waals surface area contributed by atoms with Gasteiger partial charge in [0.2, 0.25) is 0 Å². The lowest BCUT2D eigenvalue weighted by molar-refractivity contribution is -0.134. The van der Waals surface area contributed by atoms with Crippen LogP contribution in [0.15, 0.2) is 30.9 Å². The van der Waals surface area contributed by atoms with E-state index in [1.54, 1.807) is 17.6 Å². The molecule has 1 aliphatic heterocycles. The van der Waals surface area contributed by atoms with E-state index in [2.05, 4.69) is 10.2 Å². The Bertz CT molecular complexity index is 672. The molecular formula is C15H16ClFN4O2. The van der Waals surface area contributed by atoms with Gasteiger partial charge in [0, 0.05) is 25.2 Å². The molecular weight excluding hydrogens is 323 g/mol. The van der Waals surface area contributed by atoms with Crippen LogP contribution in [0, 0.1) is 5.82 Å². The third-order valence-corrected chi connectivity index (χ3v) is 4.22. The summed E-state index contributed by atoms with van der Waals surface area (Å²) < 4.78 is 20.4. The van der Waals surface area contributed by atoms with Gasteiger partial charge in [-0.1, -0.05) is 11.6 Å². The van der Waals surface area contributed by atoms with Crippen molar-refractivity contribution in [3.63, 3.8) is 0 Å². The Morgan fingerprint density at radius 1 is 1.30 bits per heavy atom. The second-order valence-electron chi connectivity index (χ2n) is 5.39. The van der Waals surface area contributed by atoms with Crippen molar-refractivity contribution in [1.29, 1.82) is 0 Å². The lowest BCUT2D eigenvalue weighted by Gasteiger charge is -2.32. The molecule has 1 aliphatic rings. The van der Waals surface area contributed by atoms with E-state index < -0.39 is 5.82 Å². The van der Waals surface area contributed by atoms with Crippen molar-refractivity contribution in [1.82, 2.24) is 19.7 Å². The highest BCUT2D eigenvalue weighted by Gasteiger charge is 2.24. The summed E-state index contributed by atoms with van der Waals surface area (Å²) in [7, 11) is 0. The van der Waals surface area contributed by atoms with Crippen molar-refractivity contribution < 1.29 is 13.9 Å². The molecule has 1 aromatic heterocycles. The fourth-order valence-corrected chi connectivity index (χ4v) is 2.78. The van der Waals surface area contributed by atoms with E-state index in [0.717, 1.165) is 12.8 Å². The molecule has 0 unspecified atom stereocenters. The quantitative estimate of drug-likeness (QED) is 0.858. The van der Waals surface area contributed by atoms with Gasteiger partial charge in [0.1, 0.15) is 24.2 Å². The van der Waals surface area contributed by atoms with Gasteiger partial charge in [-0.05, 0) is 25.0 Å². The first-order valence-corrected chi connectivity index (χ1v) is 7.71. The van der Waals surface area contributed by atoms with Crippen LogP contribution in [-0.4, -0.2) is 45.3 Å². The summed E-state index contributed by atoms with van der Waals surface area (Å²) in [5.41, 5.74) is 0. The summed E-state index contributed by atoms with van der Waals surface area (Å²) in [5.74, 6) is -0.224. The Hall–Kier alpha value is -2.15. The van der Waals surface area contributed by atoms with E-state index >= 15 is 0 Å². The lowest BCUT2D eigenvalue weighted by Crippen LogP contribution is -2.41. The predicted octanol–water partition coefficient (Wildman–Crippen LogP) is 2.31. The largest absolute Gasteiger partial charge is 0.484 e. The number of carbonyl (C=O) groups excluding carboxylic acids is 1. The van der Waals surface area contributed by atoms with Crippen LogP contribution in [-0.2, 0) is 4.79 Å². The Morgan fingerprint density at radius 3 is 2.65 bits per heavy atom. The molecule has 0 atom stereocenters. The molecule has 6 nitrogen and oxygen atoms in total. The molecule has 0 aliphatic carbocycles. The van der Waals surface area contributed by atoms with Gasteiger partial charge < -0.3 is 14.2 Å². The zero-order chi connectivity index (χ0) is 16.2. The van der Waals surface area contributed by atoms with Crippen LogP contribution in [0.25, 0.3) is 0 Å². The van der Waals surface area contributed by atoms with Gasteiger partial charge in [-0.15, -0.1) is 10.2 Å². The molecule has 0 bridgehead atoms. The third-order valence-electron chi connectivity index (χ3n) is 3.93. The number of hydrogen-bond donors (Lipinski definition) is 0. The van der Waals surface area contributed by atoms with Crippen molar-refractivity contribution in [2.45, 2.75) is 18.9 Å². The number of nitrogens with zero attached hydrogens (tertiary/aromatic N) is 4. The molecule has 2 heterocycles. The highest BCUT2D eigenvalue weighted by Crippen LogP contribution is 2.23. The molecule has 1 saturated heterocycles. The van der Waals surface area contributed by atoms with Crippen LogP contribution in [0.5, 0.6) is 5.75 Å². The Kier molecular flexibility index (Phi) is 4.76. The van der Waals surface area contributed by atoms with Gasteiger partial charge in [0.15, 0.2) is 6.61 Å². The fourth-order valence-electron chi connectivity index (χ4n) is 2.61. The second-order valence-corrected chi connectivity index (χ2v) is 5.79. The maximum Gasteiger partial charge on any atom is 0.260 e. The standard InChI is InChI=1S/C15H16ClFN4O2/c16-13-7-12(1-2-14(13)17)23-8-15(22)20-5-3-11(4-6-20)21-9-18-19-10-21/h1-2,7,9-11H,3-6,8H2. The number of carbonyl (C=O) groups is 1. The van der Waals surface area contributed by atoms with E-state index in [0.29, 0.717) is 24.9 Å². The van der Waals surface area contributed by atoms with E-state index in [1.807, 2.05) is 4.57 Å². The summed E-state index contributed by atoms with van der Waals surface area (Å²) in [6, 6.07) is 4.35. The van der Waals surface area contributed by atoms with Crippen molar-refractivity contribution in [3.05, 3.63) is 41.7 Å². The van der Waals surface area contributed by atoms with Crippen molar-refractivity contribution in [2.24, 2.45) is 0 Å². The molecule has 23 heavy (non-hydrogen) atoms. The average Bonchev–Trinajstić information content (AvgIpc) is 3.10. The highest BCUT2D eigenvalue weighted by molar-refractivity contribution is 6.30. The number of ether oxygens (including phenoxy) is 1. The van der Waals surface area contributed by atoms with Crippen LogP contribution >= 0.6 is 11.6 Å². The van der Waals surface area contributed by atoms with Gasteiger partial charge in [-0.3, -0.25) is 4.79 Å². The van der Waals surface area contributed by atoms with Crippen molar-refractivity contribution >= 4 is 17.5 Å². The van der Waals surface area contributed by atoms with Crippen LogP contribution < -0.4 is 4.74 Å². The van der Waals surface area contributed by atoms with Gasteiger partial charge in [0.25, 0.3) is 5.91 Å². The first-order chi connectivity index (χ1) is 11.1. The SMILES string of the molecule is O=C(COc1ccc(F)c(Cl)c1)N1CCC(n2cnnc2)CC1. The molecule has 1 aromatic carbocycles. The fraction of sp³-hybridized carbons (Fsp3) is 0.400. The van der Waals surface area contributed by atoms with E-state index in [1.165, 1.54) is 18.2 Å². The van der Waals surface area contributed by atoms with Gasteiger partial charge in [-0.25, -0.2) is 4.39 Å². The maximum absolute atomic E-state index is 13.1. The minimum atomic E-state index is -0.513. The van der Waals surface area contributed by atoms with Crippen LogP contribution in [0.2, 0.25) is 5.02 Å². The minimum Gasteiger partial charge on any atom is -0.484 e. The number of hydrogen-bond acceptors (Lipinski definition) is 4. The number of piperidine rings is 1. The van der Waals surface area contributed by atoms with Gasteiger partial charge in [-0.2, -0.15) is 0 Å². The minimum absolute atomic E-state index is 0.0234. The van der Waals surface area contributed by atoms with Crippen LogP contribution in [0.4, 0.5) is 4.39 Å². The zero-order valence-corrected chi connectivity index (χ0v) is 13.1. The first-order valence-electron chi connectivity index (χ1n) is 7.33. The van der Waals surface area contributed by atoms with Gasteiger partial charge >= 0.3 is 0 Å². The van der Waals surface area contributed by atoms with E-state index in [9.17, 15) is 9.18 Å². The monoisotopic (exact) mass is 338 g/mol. The Balaban J connectivity index is 1.48. The summed E-state index contributed by atoms with van der Waals surface area (Å²) in [6.45, 7) is 1.24. The number of rotatable bonds is 4. The Labute approximate surface area is 137 Å². The Morgan fingerprint density at radius 2 is 2.00 bits per heavy atom. The molecule has 1 amide bonds. The van der Waals surface area contributed by atoms with Crippen molar-refractivity contribution in [2.75, 3.05) is 19.7 Å². The normalized spacial score (nSPS) is 15.7. The second kappa shape index (κ2) is 6.95. The first kappa shape index (κ1) is 15.7. The summed E-state index contributed by atoms with van der Waals surface area (Å²) in [6.07, 6.45) is 5.10. The molecule has 122 valence electrons. The molecule has 0 spiro atoms. The molecule has 3 rings (SSSR count). The number of likely N-dealkylation sites (tertiary alicyclic amines) is 1. The van der Waals surface area contributed by atoms with Gasteiger partial charge in [0.05, 0.1) is 5.02 Å². The number of amides is 1. The topological polar surface area (TPSA) is 60.2 Å². The maximum atomic E-state index is 13.1. The molecule has 8 heteroatoms. The zero-order valence-electron chi connectivity index (χ0n) is 12.4. The molecule has 0 radical (unpaired) electrons. The molecule has 2 aromatic rings. The smallest absolute Gasteiger partial charge is 0.260 e. The van der Waals surface area contributed by atoms with Crippen molar-refractivity contribution in [3.8, 4) is 5.75 Å². The molecule has 0 N–H and O–H groups in total. The number of halogens is 2. The molecule has 1 fully saturated rings. The lowest BCUT2D eigenvalue weighted by atomic mass is 10.1. The average molecular weight is 339 g/mol. The summed E-state index contributed by atoms with van der Waals surface area (Å²) >= 11 is 5.68. The highest BCUT2D eigenvalue weighted by atomic mass is 35.5. The molecule has 0 saturated carbocycles. The summed E-state index contributed by atoms with van der Waals surface area (Å²) in [4.78, 5) is 13.9.